The van der Waals surface area contributed by atoms with Crippen LogP contribution in [0.15, 0.2) is 30.3 Å². The molecule has 110 valence electrons. The second-order valence-corrected chi connectivity index (χ2v) is 4.78. The van der Waals surface area contributed by atoms with E-state index in [4.69, 9.17) is 22.1 Å². The molecule has 21 heavy (non-hydrogen) atoms. The van der Waals surface area contributed by atoms with Gasteiger partial charge in [0.15, 0.2) is 0 Å². The first-order valence-electron chi connectivity index (χ1n) is 6.03. The minimum atomic E-state index is -0.588. The summed E-state index contributed by atoms with van der Waals surface area (Å²) in [6.07, 6.45) is 0. The molecule has 0 aromatic heterocycles. The van der Waals surface area contributed by atoms with Gasteiger partial charge in [0.25, 0.3) is 0 Å². The van der Waals surface area contributed by atoms with Gasteiger partial charge in [0.05, 0.1) is 17.7 Å². The Morgan fingerprint density at radius 2 is 1.95 bits per heavy atom. The summed E-state index contributed by atoms with van der Waals surface area (Å²) in [5.41, 5.74) is 7.00. The third-order valence-corrected chi connectivity index (χ3v) is 3.20. The van der Waals surface area contributed by atoms with Gasteiger partial charge in [-0.1, -0.05) is 11.6 Å². The molecule has 0 heterocycles. The molecule has 0 unspecified atom stereocenters. The van der Waals surface area contributed by atoms with Gasteiger partial charge in [0.1, 0.15) is 17.3 Å². The predicted molar refractivity (Wildman–Crippen MR) is 78.4 cm³/mol. The van der Waals surface area contributed by atoms with Gasteiger partial charge in [0.2, 0.25) is 0 Å². The van der Waals surface area contributed by atoms with Gasteiger partial charge in [-0.15, -0.1) is 0 Å². The van der Waals surface area contributed by atoms with Crippen LogP contribution in [0.2, 0.25) is 5.02 Å². The molecular formula is C15H13ClFNO3. The zero-order valence-electron chi connectivity index (χ0n) is 11.4. The van der Waals surface area contributed by atoms with Gasteiger partial charge in [0, 0.05) is 11.8 Å². The Kier molecular flexibility index (Phi) is 4.33. The zero-order valence-corrected chi connectivity index (χ0v) is 12.2. The highest BCUT2D eigenvalue weighted by molar-refractivity contribution is 6.30. The van der Waals surface area contributed by atoms with Crippen LogP contribution >= 0.6 is 11.6 Å². The number of esters is 1. The summed E-state index contributed by atoms with van der Waals surface area (Å²) in [5, 5.41) is 0.00564. The number of aryl methyl sites for hydroxylation is 1. The quantitative estimate of drug-likeness (QED) is 0.689. The smallest absolute Gasteiger partial charge is 0.340 e. The zero-order chi connectivity index (χ0) is 15.6. The number of carbonyl (C=O) groups is 1. The van der Waals surface area contributed by atoms with E-state index in [1.807, 2.05) is 0 Å². The first kappa shape index (κ1) is 15.1. The maximum Gasteiger partial charge on any atom is 0.340 e. The lowest BCUT2D eigenvalue weighted by molar-refractivity contribution is 0.0601. The number of nitrogen functional groups attached to an aromatic ring is 1. The fraction of sp³-hybridized carbons (Fsp3) is 0.133. The lowest BCUT2D eigenvalue weighted by Crippen LogP contribution is -2.07. The molecule has 0 radical (unpaired) electrons. The van der Waals surface area contributed by atoms with Crippen molar-refractivity contribution in [2.75, 3.05) is 12.8 Å². The van der Waals surface area contributed by atoms with Crippen LogP contribution < -0.4 is 10.5 Å². The van der Waals surface area contributed by atoms with E-state index in [9.17, 15) is 9.18 Å². The number of methoxy groups -OCH3 is 1. The van der Waals surface area contributed by atoms with Crippen molar-refractivity contribution in [1.29, 1.82) is 0 Å². The van der Waals surface area contributed by atoms with Gasteiger partial charge in [-0.2, -0.15) is 0 Å². The van der Waals surface area contributed by atoms with Crippen molar-refractivity contribution in [1.82, 2.24) is 0 Å². The van der Waals surface area contributed by atoms with Crippen LogP contribution in [0.4, 0.5) is 10.1 Å². The average molecular weight is 310 g/mol. The maximum absolute atomic E-state index is 13.4. The number of ether oxygens (including phenoxy) is 2. The molecule has 0 atom stereocenters. The van der Waals surface area contributed by atoms with Crippen LogP contribution in [0.25, 0.3) is 0 Å². The average Bonchev–Trinajstić information content (AvgIpc) is 2.45. The minimum Gasteiger partial charge on any atom is -0.465 e. The topological polar surface area (TPSA) is 61.5 Å². The second kappa shape index (κ2) is 6.01. The minimum absolute atomic E-state index is 0.00564. The number of hydrogen-bond acceptors (Lipinski definition) is 4. The number of nitrogens with two attached hydrogens (primary N) is 1. The third-order valence-electron chi connectivity index (χ3n) is 2.89. The third kappa shape index (κ3) is 3.25. The summed E-state index contributed by atoms with van der Waals surface area (Å²) in [6.45, 7) is 1.73. The highest BCUT2D eigenvalue weighted by Gasteiger charge is 2.14. The number of rotatable bonds is 3. The molecule has 2 aromatic carbocycles. The van der Waals surface area contributed by atoms with Gasteiger partial charge in [-0.25, -0.2) is 9.18 Å². The summed E-state index contributed by atoms with van der Waals surface area (Å²) in [4.78, 5) is 11.7. The van der Waals surface area contributed by atoms with Crippen molar-refractivity contribution in [2.24, 2.45) is 0 Å². The Balaban J connectivity index is 2.38. The summed E-state index contributed by atoms with van der Waals surface area (Å²) in [7, 11) is 1.26. The Morgan fingerprint density at radius 3 is 2.57 bits per heavy atom. The Labute approximate surface area is 126 Å². The Bertz CT molecular complexity index is 704. The molecule has 6 heteroatoms. The molecule has 2 rings (SSSR count). The first-order chi connectivity index (χ1) is 9.92. The number of halogens is 2. The van der Waals surface area contributed by atoms with E-state index in [-0.39, 0.29) is 16.3 Å². The van der Waals surface area contributed by atoms with Crippen LogP contribution in [0.1, 0.15) is 15.9 Å². The molecule has 4 nitrogen and oxygen atoms in total. The molecule has 0 amide bonds. The molecule has 0 aliphatic heterocycles. The molecular weight excluding hydrogens is 297 g/mol. The molecule has 0 aliphatic carbocycles. The van der Waals surface area contributed by atoms with Gasteiger partial charge >= 0.3 is 5.97 Å². The van der Waals surface area contributed by atoms with Crippen LogP contribution in [0, 0.1) is 12.7 Å². The molecule has 0 spiro atoms. The van der Waals surface area contributed by atoms with E-state index in [0.29, 0.717) is 17.0 Å². The lowest BCUT2D eigenvalue weighted by atomic mass is 10.1. The van der Waals surface area contributed by atoms with Crippen LogP contribution in [0.5, 0.6) is 11.5 Å². The van der Waals surface area contributed by atoms with E-state index in [1.54, 1.807) is 13.0 Å². The lowest BCUT2D eigenvalue weighted by Gasteiger charge is -2.11. The van der Waals surface area contributed by atoms with Crippen LogP contribution in [-0.2, 0) is 4.74 Å². The standard InChI is InChI=1S/C15H13ClFNO3/c1-8-5-10(6-11(14(8)18)15(19)20-2)21-9-3-4-12(16)13(17)7-9/h3-7H,18H2,1-2H3. The molecule has 0 bridgehead atoms. The summed E-state index contributed by atoms with van der Waals surface area (Å²) in [6, 6.07) is 7.16. The summed E-state index contributed by atoms with van der Waals surface area (Å²) < 4.78 is 23.6. The van der Waals surface area contributed by atoms with Crippen molar-refractivity contribution >= 4 is 23.3 Å². The molecule has 0 saturated heterocycles. The number of carbonyl (C=O) groups excluding carboxylic acids is 1. The van der Waals surface area contributed by atoms with E-state index in [1.165, 1.54) is 25.3 Å². The molecule has 0 aliphatic rings. The van der Waals surface area contributed by atoms with E-state index in [2.05, 4.69) is 4.74 Å². The largest absolute Gasteiger partial charge is 0.465 e. The predicted octanol–water partition coefficient (Wildman–Crippen LogP) is 3.95. The van der Waals surface area contributed by atoms with E-state index < -0.39 is 11.8 Å². The van der Waals surface area contributed by atoms with E-state index >= 15 is 0 Å². The van der Waals surface area contributed by atoms with Crippen molar-refractivity contribution in [3.63, 3.8) is 0 Å². The van der Waals surface area contributed by atoms with Gasteiger partial charge in [-0.3, -0.25) is 0 Å². The van der Waals surface area contributed by atoms with Crippen LogP contribution in [-0.4, -0.2) is 13.1 Å². The van der Waals surface area contributed by atoms with Gasteiger partial charge < -0.3 is 15.2 Å². The molecule has 2 N–H and O–H groups in total. The van der Waals surface area contributed by atoms with Crippen LogP contribution in [0.3, 0.4) is 0 Å². The fourth-order valence-corrected chi connectivity index (χ4v) is 1.90. The Hall–Kier alpha value is -2.27. The van der Waals surface area contributed by atoms with Crippen molar-refractivity contribution in [2.45, 2.75) is 6.92 Å². The fourth-order valence-electron chi connectivity index (χ4n) is 1.78. The molecule has 0 fully saturated rings. The number of benzene rings is 2. The number of anilines is 1. The highest BCUT2D eigenvalue weighted by atomic mass is 35.5. The normalized spacial score (nSPS) is 10.3. The first-order valence-corrected chi connectivity index (χ1v) is 6.41. The van der Waals surface area contributed by atoms with Crippen molar-refractivity contribution in [3.8, 4) is 11.5 Å². The van der Waals surface area contributed by atoms with Gasteiger partial charge in [-0.05, 0) is 36.8 Å². The monoisotopic (exact) mass is 309 g/mol. The summed E-state index contributed by atoms with van der Waals surface area (Å²) in [5.74, 6) is -0.543. The van der Waals surface area contributed by atoms with Crippen molar-refractivity contribution < 1.29 is 18.7 Å². The highest BCUT2D eigenvalue weighted by Crippen LogP contribution is 2.30. The molecule has 2 aromatic rings. The maximum atomic E-state index is 13.4. The number of hydrogen-bond donors (Lipinski definition) is 1. The van der Waals surface area contributed by atoms with E-state index in [0.717, 1.165) is 6.07 Å². The summed E-state index contributed by atoms with van der Waals surface area (Å²) >= 11 is 5.61. The van der Waals surface area contributed by atoms with Crippen molar-refractivity contribution in [3.05, 3.63) is 52.3 Å². The Morgan fingerprint density at radius 1 is 1.24 bits per heavy atom. The molecule has 0 saturated carbocycles. The SMILES string of the molecule is COC(=O)c1cc(Oc2ccc(Cl)c(F)c2)cc(C)c1N. The second-order valence-electron chi connectivity index (χ2n) is 4.37.